The predicted molar refractivity (Wildman–Crippen MR) is 79.5 cm³/mol. The van der Waals surface area contributed by atoms with Crippen LogP contribution in [0.15, 0.2) is 0 Å². The summed E-state index contributed by atoms with van der Waals surface area (Å²) in [6.45, 7) is 2.27. The normalized spacial score (nSPS) is 19.5. The Balaban J connectivity index is 1.60. The van der Waals surface area contributed by atoms with Gasteiger partial charge in [0.2, 0.25) is 17.7 Å². The molecule has 1 saturated heterocycles. The van der Waals surface area contributed by atoms with Crippen molar-refractivity contribution >= 4 is 17.7 Å². The summed E-state index contributed by atoms with van der Waals surface area (Å²) in [5.74, 6) is -0.487. The lowest BCUT2D eigenvalue weighted by Gasteiger charge is -2.26. The number of ether oxygens (including phenoxy) is 1. The van der Waals surface area contributed by atoms with Gasteiger partial charge in [0.15, 0.2) is 0 Å². The lowest BCUT2D eigenvalue weighted by atomic mass is 9.89. The molecular formula is C15H25N3O4. The molecule has 3 amide bonds. The van der Waals surface area contributed by atoms with Crippen molar-refractivity contribution in [2.24, 2.45) is 5.92 Å². The van der Waals surface area contributed by atoms with Crippen LogP contribution in [0.2, 0.25) is 0 Å². The minimum absolute atomic E-state index is 0.00373. The zero-order valence-electron chi connectivity index (χ0n) is 12.9. The van der Waals surface area contributed by atoms with Crippen LogP contribution in [0.25, 0.3) is 0 Å². The van der Waals surface area contributed by atoms with E-state index in [4.69, 9.17) is 4.74 Å². The van der Waals surface area contributed by atoms with E-state index in [0.29, 0.717) is 26.3 Å². The first-order valence-corrected chi connectivity index (χ1v) is 8.11. The molecule has 0 atom stereocenters. The van der Waals surface area contributed by atoms with Crippen LogP contribution in [-0.4, -0.2) is 48.9 Å². The maximum atomic E-state index is 11.9. The van der Waals surface area contributed by atoms with Crippen molar-refractivity contribution in [3.63, 3.8) is 0 Å². The molecule has 22 heavy (non-hydrogen) atoms. The fraction of sp³-hybridized carbons (Fsp3) is 0.800. The van der Waals surface area contributed by atoms with Gasteiger partial charge in [0.25, 0.3) is 0 Å². The molecule has 124 valence electrons. The number of nitrogens with zero attached hydrogens (tertiary/aromatic N) is 1. The SMILES string of the molecule is O=C(CCC(=O)N1CCOCC1)NNC(=O)C1CCCCC1. The molecular weight excluding hydrogens is 286 g/mol. The summed E-state index contributed by atoms with van der Waals surface area (Å²) in [6, 6.07) is 0. The van der Waals surface area contributed by atoms with E-state index in [1.165, 1.54) is 6.42 Å². The molecule has 1 aliphatic heterocycles. The Morgan fingerprint density at radius 1 is 0.955 bits per heavy atom. The topological polar surface area (TPSA) is 87.7 Å². The van der Waals surface area contributed by atoms with Crippen LogP contribution in [0, 0.1) is 5.92 Å². The molecule has 7 nitrogen and oxygen atoms in total. The van der Waals surface area contributed by atoms with Gasteiger partial charge < -0.3 is 9.64 Å². The van der Waals surface area contributed by atoms with Crippen LogP contribution in [-0.2, 0) is 19.1 Å². The molecule has 1 aliphatic carbocycles. The molecule has 2 fully saturated rings. The van der Waals surface area contributed by atoms with Crippen LogP contribution >= 0.6 is 0 Å². The van der Waals surface area contributed by atoms with Crippen molar-refractivity contribution < 1.29 is 19.1 Å². The number of hydrogen-bond donors (Lipinski definition) is 2. The fourth-order valence-electron chi connectivity index (χ4n) is 2.85. The van der Waals surface area contributed by atoms with Crippen LogP contribution in [0.4, 0.5) is 0 Å². The molecule has 0 aromatic heterocycles. The van der Waals surface area contributed by atoms with Gasteiger partial charge in [0, 0.05) is 31.8 Å². The van der Waals surface area contributed by atoms with E-state index in [1.807, 2.05) is 0 Å². The Morgan fingerprint density at radius 3 is 2.32 bits per heavy atom. The number of carbonyl (C=O) groups is 3. The Morgan fingerprint density at radius 2 is 1.64 bits per heavy atom. The van der Waals surface area contributed by atoms with E-state index >= 15 is 0 Å². The third kappa shape index (κ3) is 5.29. The first-order valence-electron chi connectivity index (χ1n) is 8.11. The van der Waals surface area contributed by atoms with Gasteiger partial charge in [-0.15, -0.1) is 0 Å². The highest BCUT2D eigenvalue weighted by atomic mass is 16.5. The smallest absolute Gasteiger partial charge is 0.241 e. The monoisotopic (exact) mass is 311 g/mol. The van der Waals surface area contributed by atoms with Gasteiger partial charge >= 0.3 is 0 Å². The number of amides is 3. The Labute approximate surface area is 130 Å². The van der Waals surface area contributed by atoms with Gasteiger partial charge in [-0.25, -0.2) is 0 Å². The van der Waals surface area contributed by atoms with Gasteiger partial charge in [-0.05, 0) is 12.8 Å². The van der Waals surface area contributed by atoms with Gasteiger partial charge in [0.05, 0.1) is 13.2 Å². The van der Waals surface area contributed by atoms with Gasteiger partial charge in [-0.2, -0.15) is 0 Å². The summed E-state index contributed by atoms with van der Waals surface area (Å²) in [5, 5.41) is 0. The first kappa shape index (κ1) is 16.7. The van der Waals surface area contributed by atoms with Crippen LogP contribution < -0.4 is 10.9 Å². The quantitative estimate of drug-likeness (QED) is 0.734. The summed E-state index contributed by atoms with van der Waals surface area (Å²) in [6.07, 6.45) is 5.33. The Bertz CT molecular complexity index is 366. The Kier molecular flexibility index (Phi) is 6.64. The molecule has 2 rings (SSSR count). The average Bonchev–Trinajstić information content (AvgIpc) is 2.59. The number of hydrazine groups is 1. The number of rotatable bonds is 4. The van der Waals surface area contributed by atoms with Crippen molar-refractivity contribution in [3.05, 3.63) is 0 Å². The summed E-state index contributed by atoms with van der Waals surface area (Å²) in [7, 11) is 0. The highest BCUT2D eigenvalue weighted by Gasteiger charge is 2.22. The maximum Gasteiger partial charge on any atom is 0.241 e. The van der Waals surface area contributed by atoms with Gasteiger partial charge in [-0.1, -0.05) is 19.3 Å². The maximum absolute atomic E-state index is 11.9. The minimum Gasteiger partial charge on any atom is -0.378 e. The zero-order chi connectivity index (χ0) is 15.8. The zero-order valence-corrected chi connectivity index (χ0v) is 12.9. The molecule has 0 radical (unpaired) electrons. The summed E-state index contributed by atoms with van der Waals surface area (Å²) >= 11 is 0. The minimum atomic E-state index is -0.328. The van der Waals surface area contributed by atoms with Gasteiger partial charge in [-0.3, -0.25) is 25.2 Å². The average molecular weight is 311 g/mol. The van der Waals surface area contributed by atoms with Crippen molar-refractivity contribution in [1.29, 1.82) is 0 Å². The molecule has 7 heteroatoms. The van der Waals surface area contributed by atoms with E-state index in [9.17, 15) is 14.4 Å². The molecule has 0 bridgehead atoms. The molecule has 0 aromatic rings. The van der Waals surface area contributed by atoms with Crippen molar-refractivity contribution in [1.82, 2.24) is 15.8 Å². The number of hydrogen-bond acceptors (Lipinski definition) is 4. The van der Waals surface area contributed by atoms with E-state index in [1.54, 1.807) is 4.90 Å². The predicted octanol–water partition coefficient (Wildman–Crippen LogP) is 0.353. The highest BCUT2D eigenvalue weighted by Crippen LogP contribution is 2.23. The number of morpholine rings is 1. The lowest BCUT2D eigenvalue weighted by molar-refractivity contribution is -0.137. The molecule has 2 N–H and O–H groups in total. The molecule has 1 saturated carbocycles. The van der Waals surface area contributed by atoms with E-state index < -0.39 is 0 Å². The number of carbonyl (C=O) groups excluding carboxylic acids is 3. The molecule has 1 heterocycles. The van der Waals surface area contributed by atoms with Crippen LogP contribution in [0.1, 0.15) is 44.9 Å². The standard InChI is InChI=1S/C15H25N3O4/c19-13(6-7-14(20)18-8-10-22-11-9-18)16-17-15(21)12-4-2-1-3-5-12/h12H,1-11H2,(H,16,19)(H,17,21). The largest absolute Gasteiger partial charge is 0.378 e. The molecule has 0 unspecified atom stereocenters. The number of nitrogens with one attached hydrogen (secondary N) is 2. The van der Waals surface area contributed by atoms with E-state index in [2.05, 4.69) is 10.9 Å². The second kappa shape index (κ2) is 8.73. The first-order chi connectivity index (χ1) is 10.7. The van der Waals surface area contributed by atoms with Crippen molar-refractivity contribution in [3.8, 4) is 0 Å². The Hall–Kier alpha value is -1.63. The second-order valence-electron chi connectivity index (χ2n) is 5.87. The van der Waals surface area contributed by atoms with Crippen molar-refractivity contribution in [2.45, 2.75) is 44.9 Å². The fourth-order valence-corrected chi connectivity index (χ4v) is 2.85. The molecule has 2 aliphatic rings. The van der Waals surface area contributed by atoms with E-state index in [0.717, 1.165) is 25.7 Å². The van der Waals surface area contributed by atoms with E-state index in [-0.39, 0.29) is 36.5 Å². The third-order valence-corrected chi connectivity index (χ3v) is 4.23. The third-order valence-electron chi connectivity index (χ3n) is 4.23. The van der Waals surface area contributed by atoms with Crippen molar-refractivity contribution in [2.75, 3.05) is 26.3 Å². The van der Waals surface area contributed by atoms with Gasteiger partial charge in [0.1, 0.15) is 0 Å². The molecule has 0 spiro atoms. The molecule has 0 aromatic carbocycles. The van der Waals surface area contributed by atoms with Crippen LogP contribution in [0.5, 0.6) is 0 Å². The summed E-state index contributed by atoms with van der Waals surface area (Å²) in [4.78, 5) is 37.2. The summed E-state index contributed by atoms with van der Waals surface area (Å²) in [5.41, 5.74) is 4.88. The highest BCUT2D eigenvalue weighted by molar-refractivity contribution is 5.86. The summed E-state index contributed by atoms with van der Waals surface area (Å²) < 4.78 is 5.18. The van der Waals surface area contributed by atoms with Crippen LogP contribution in [0.3, 0.4) is 0 Å². The second-order valence-corrected chi connectivity index (χ2v) is 5.87. The lowest BCUT2D eigenvalue weighted by Crippen LogP contribution is -2.45.